The van der Waals surface area contributed by atoms with E-state index in [1.165, 1.54) is 18.1 Å². The molecule has 0 radical (unpaired) electrons. The molecule has 0 fully saturated rings. The van der Waals surface area contributed by atoms with E-state index < -0.39 is 29.8 Å². The van der Waals surface area contributed by atoms with Crippen molar-refractivity contribution < 1.29 is 28.2 Å². The van der Waals surface area contributed by atoms with Gasteiger partial charge < -0.3 is 25.0 Å². The number of aromatic nitrogens is 1. The van der Waals surface area contributed by atoms with E-state index in [-0.39, 0.29) is 48.7 Å². The SMILES string of the molecule is C[C@@H]1CN([C@@H](C)CO)C(=O)c2cc(C#CCN(C)C)cnc2O[C@@H]1CN(C)C(=O)Nc1cc(F)ccc1F. The summed E-state index contributed by atoms with van der Waals surface area (Å²) in [5.41, 5.74) is 0.461. The molecule has 1 aliphatic heterocycles. The van der Waals surface area contributed by atoms with Crippen molar-refractivity contribution in [2.45, 2.75) is 26.0 Å². The number of fused-ring (bicyclic) bond motifs is 1. The molecule has 0 aliphatic carbocycles. The highest BCUT2D eigenvalue weighted by Crippen LogP contribution is 2.27. The zero-order valence-corrected chi connectivity index (χ0v) is 22.2. The number of aliphatic hydroxyl groups excluding tert-OH is 1. The van der Waals surface area contributed by atoms with Crippen LogP contribution in [0, 0.1) is 29.4 Å². The standard InChI is InChI=1S/C27H33F2N5O4/c1-17-14-34(18(2)16-35)26(36)21-11-19(7-6-10-32(3)4)13-30-25(21)38-24(17)15-33(5)27(37)31-23-12-20(28)8-9-22(23)29/h8-9,11-13,17-18,24,35H,10,14-16H2,1-5H3,(H,31,37)/t17-,18+,24-/m1/s1. The van der Waals surface area contributed by atoms with Gasteiger partial charge >= 0.3 is 6.03 Å². The molecule has 38 heavy (non-hydrogen) atoms. The van der Waals surface area contributed by atoms with Gasteiger partial charge in [0.15, 0.2) is 0 Å². The Morgan fingerprint density at radius 1 is 1.32 bits per heavy atom. The highest BCUT2D eigenvalue weighted by atomic mass is 19.1. The van der Waals surface area contributed by atoms with E-state index >= 15 is 0 Å². The van der Waals surface area contributed by atoms with Crippen molar-refractivity contribution in [3.8, 4) is 17.7 Å². The molecule has 0 saturated carbocycles. The summed E-state index contributed by atoms with van der Waals surface area (Å²) < 4.78 is 33.7. The van der Waals surface area contributed by atoms with Gasteiger partial charge in [-0.3, -0.25) is 9.69 Å². The summed E-state index contributed by atoms with van der Waals surface area (Å²) in [6.45, 7) is 4.20. The number of nitrogens with zero attached hydrogens (tertiary/aromatic N) is 4. The number of hydrogen-bond donors (Lipinski definition) is 2. The topological polar surface area (TPSA) is 98.2 Å². The molecule has 9 nitrogen and oxygen atoms in total. The van der Waals surface area contributed by atoms with Gasteiger partial charge in [-0.25, -0.2) is 18.6 Å². The summed E-state index contributed by atoms with van der Waals surface area (Å²) >= 11 is 0. The molecule has 2 N–H and O–H groups in total. The van der Waals surface area contributed by atoms with Crippen LogP contribution in [0.3, 0.4) is 0 Å². The second-order valence-corrected chi connectivity index (χ2v) is 9.67. The number of amides is 3. The van der Waals surface area contributed by atoms with E-state index in [0.717, 1.165) is 18.2 Å². The number of anilines is 1. The predicted octanol–water partition coefficient (Wildman–Crippen LogP) is 2.66. The molecule has 0 bridgehead atoms. The van der Waals surface area contributed by atoms with Crippen molar-refractivity contribution in [3.05, 3.63) is 53.2 Å². The molecular weight excluding hydrogens is 496 g/mol. The van der Waals surface area contributed by atoms with Gasteiger partial charge in [0.1, 0.15) is 23.3 Å². The third-order valence-corrected chi connectivity index (χ3v) is 6.12. The van der Waals surface area contributed by atoms with Crippen molar-refractivity contribution in [1.82, 2.24) is 19.7 Å². The van der Waals surface area contributed by atoms with Crippen LogP contribution in [0.2, 0.25) is 0 Å². The summed E-state index contributed by atoms with van der Waals surface area (Å²) in [4.78, 5) is 35.3. The van der Waals surface area contributed by atoms with Crippen LogP contribution in [0.4, 0.5) is 19.3 Å². The zero-order valence-electron chi connectivity index (χ0n) is 22.2. The molecule has 2 heterocycles. The summed E-state index contributed by atoms with van der Waals surface area (Å²) in [5, 5.41) is 12.2. The first-order valence-electron chi connectivity index (χ1n) is 12.2. The lowest BCUT2D eigenvalue weighted by Gasteiger charge is -2.37. The maximum Gasteiger partial charge on any atom is 0.321 e. The number of likely N-dealkylation sites (N-methyl/N-ethyl adjacent to an activating group) is 1. The molecular formula is C27H33F2N5O4. The number of hydrogen-bond acceptors (Lipinski definition) is 6. The number of benzene rings is 1. The third kappa shape index (κ3) is 7.18. The normalized spacial score (nSPS) is 17.9. The molecule has 3 rings (SSSR count). The van der Waals surface area contributed by atoms with E-state index in [4.69, 9.17) is 4.74 Å². The van der Waals surface area contributed by atoms with Crippen LogP contribution >= 0.6 is 0 Å². The number of pyridine rings is 1. The van der Waals surface area contributed by atoms with Gasteiger partial charge in [-0.2, -0.15) is 0 Å². The molecule has 1 aromatic heterocycles. The van der Waals surface area contributed by atoms with E-state index in [1.807, 2.05) is 25.9 Å². The van der Waals surface area contributed by atoms with Gasteiger partial charge in [0.05, 0.1) is 31.4 Å². The minimum Gasteiger partial charge on any atom is -0.472 e. The Hall–Kier alpha value is -3.75. The van der Waals surface area contributed by atoms with Crippen molar-refractivity contribution in [2.75, 3.05) is 52.7 Å². The molecule has 0 spiro atoms. The number of rotatable bonds is 6. The Balaban J connectivity index is 1.88. The summed E-state index contributed by atoms with van der Waals surface area (Å²) in [7, 11) is 5.29. The van der Waals surface area contributed by atoms with E-state index in [2.05, 4.69) is 22.1 Å². The molecule has 204 valence electrons. The van der Waals surface area contributed by atoms with Gasteiger partial charge in [-0.15, -0.1) is 0 Å². The number of carbonyl (C=O) groups excluding carboxylic acids is 2. The van der Waals surface area contributed by atoms with Crippen LogP contribution in [0.15, 0.2) is 30.5 Å². The minimum atomic E-state index is -0.765. The monoisotopic (exact) mass is 529 g/mol. The third-order valence-electron chi connectivity index (χ3n) is 6.12. The number of halogens is 2. The summed E-state index contributed by atoms with van der Waals surface area (Å²) in [6, 6.07) is 3.26. The molecule has 0 saturated heterocycles. The number of nitrogens with one attached hydrogen (secondary N) is 1. The minimum absolute atomic E-state index is 0.0605. The fraction of sp³-hybridized carbons (Fsp3) is 0.444. The first-order valence-corrected chi connectivity index (χ1v) is 12.2. The van der Waals surface area contributed by atoms with Crippen LogP contribution in [0.25, 0.3) is 0 Å². The lowest BCUT2D eigenvalue weighted by atomic mass is 10.00. The van der Waals surface area contributed by atoms with Gasteiger partial charge in [0.25, 0.3) is 5.91 Å². The van der Waals surface area contributed by atoms with E-state index in [9.17, 15) is 23.5 Å². The maximum atomic E-state index is 14.0. The van der Waals surface area contributed by atoms with Crippen molar-refractivity contribution in [2.24, 2.45) is 5.92 Å². The zero-order chi connectivity index (χ0) is 28.0. The first-order chi connectivity index (χ1) is 18.0. The number of carbonyl (C=O) groups is 2. The molecule has 2 aromatic rings. The van der Waals surface area contributed by atoms with Crippen molar-refractivity contribution >= 4 is 17.6 Å². The summed E-state index contributed by atoms with van der Waals surface area (Å²) in [5.74, 6) is 4.02. The quantitative estimate of drug-likeness (QED) is 0.559. The van der Waals surface area contributed by atoms with Gasteiger partial charge in [-0.05, 0) is 39.2 Å². The fourth-order valence-corrected chi connectivity index (χ4v) is 3.85. The van der Waals surface area contributed by atoms with Crippen LogP contribution in [-0.2, 0) is 0 Å². The predicted molar refractivity (Wildman–Crippen MR) is 139 cm³/mol. The molecule has 1 aromatic carbocycles. The second kappa shape index (κ2) is 12.7. The first kappa shape index (κ1) is 28.8. The Bertz CT molecular complexity index is 1230. The average Bonchev–Trinajstić information content (AvgIpc) is 2.87. The molecule has 11 heteroatoms. The lowest BCUT2D eigenvalue weighted by Crippen LogP contribution is -2.50. The van der Waals surface area contributed by atoms with E-state index in [0.29, 0.717) is 12.1 Å². The van der Waals surface area contributed by atoms with Crippen LogP contribution in [0.1, 0.15) is 29.8 Å². The Morgan fingerprint density at radius 2 is 2.05 bits per heavy atom. The smallest absolute Gasteiger partial charge is 0.321 e. The second-order valence-electron chi connectivity index (χ2n) is 9.67. The van der Waals surface area contributed by atoms with E-state index in [1.54, 1.807) is 17.9 Å². The molecule has 3 atom stereocenters. The summed E-state index contributed by atoms with van der Waals surface area (Å²) in [6.07, 6.45) is 0.905. The van der Waals surface area contributed by atoms with Gasteiger partial charge in [-0.1, -0.05) is 18.8 Å². The lowest BCUT2D eigenvalue weighted by molar-refractivity contribution is 0.0356. The molecule has 1 aliphatic rings. The number of aliphatic hydroxyl groups is 1. The molecule has 3 amide bonds. The maximum absolute atomic E-state index is 14.0. The number of urea groups is 1. The Labute approximate surface area is 221 Å². The average molecular weight is 530 g/mol. The number of ether oxygens (including phenoxy) is 1. The Morgan fingerprint density at radius 3 is 2.74 bits per heavy atom. The van der Waals surface area contributed by atoms with Crippen molar-refractivity contribution in [3.63, 3.8) is 0 Å². The van der Waals surface area contributed by atoms with Gasteiger partial charge in [0.2, 0.25) is 5.88 Å². The highest BCUT2D eigenvalue weighted by Gasteiger charge is 2.34. The Kier molecular flexibility index (Phi) is 9.61. The van der Waals surface area contributed by atoms with Crippen LogP contribution < -0.4 is 10.1 Å². The van der Waals surface area contributed by atoms with Gasteiger partial charge in [0, 0.05) is 37.3 Å². The largest absolute Gasteiger partial charge is 0.472 e. The molecule has 0 unspecified atom stereocenters. The van der Waals surface area contributed by atoms with Crippen LogP contribution in [0.5, 0.6) is 5.88 Å². The highest BCUT2D eigenvalue weighted by molar-refractivity contribution is 5.97. The fourth-order valence-electron chi connectivity index (χ4n) is 3.85. The van der Waals surface area contributed by atoms with Crippen LogP contribution in [-0.4, -0.2) is 96.3 Å². The van der Waals surface area contributed by atoms with Crippen molar-refractivity contribution in [1.29, 1.82) is 0 Å².